The highest BCUT2D eigenvalue weighted by Crippen LogP contribution is 2.41. The molecule has 1 aromatic carbocycles. The summed E-state index contributed by atoms with van der Waals surface area (Å²) in [6.07, 6.45) is 3.09. The van der Waals surface area contributed by atoms with Gasteiger partial charge < -0.3 is 0 Å². The van der Waals surface area contributed by atoms with Crippen molar-refractivity contribution in [2.24, 2.45) is 0 Å². The minimum Gasteiger partial charge on any atom is -0.228 e. The van der Waals surface area contributed by atoms with Crippen molar-refractivity contribution in [3.8, 4) is 6.07 Å². The summed E-state index contributed by atoms with van der Waals surface area (Å²) in [4.78, 5) is 0. The van der Waals surface area contributed by atoms with Crippen LogP contribution in [0.25, 0.3) is 0 Å². The van der Waals surface area contributed by atoms with Gasteiger partial charge in [0.1, 0.15) is 0 Å². The fourth-order valence-electron chi connectivity index (χ4n) is 2.14. The molecule has 1 saturated carbocycles. The minimum absolute atomic E-state index is 0.111. The highest BCUT2D eigenvalue weighted by Gasteiger charge is 2.26. The first kappa shape index (κ1) is 13.1. The number of nitrogens with zero attached hydrogens (tertiary/aromatic N) is 1. The molecule has 0 radical (unpaired) electrons. The summed E-state index contributed by atoms with van der Waals surface area (Å²) in [5, 5.41) is 8.43. The molecule has 0 aromatic heterocycles. The van der Waals surface area contributed by atoms with Crippen molar-refractivity contribution in [2.75, 3.05) is 5.75 Å². The minimum atomic E-state index is -3.09. The average molecular weight is 263 g/mol. The Bertz CT molecular complexity index is 553. The summed E-state index contributed by atoms with van der Waals surface area (Å²) >= 11 is 0. The smallest absolute Gasteiger partial charge is 0.154 e. The molecule has 96 valence electrons. The second-order valence-corrected chi connectivity index (χ2v) is 7.01. The summed E-state index contributed by atoms with van der Waals surface area (Å²) in [6, 6.07) is 9.80. The Morgan fingerprint density at radius 1 is 1.28 bits per heavy atom. The molecule has 0 bridgehead atoms. The summed E-state index contributed by atoms with van der Waals surface area (Å²) in [5.41, 5.74) is 2.14. The Hall–Kier alpha value is -1.34. The van der Waals surface area contributed by atoms with Crippen LogP contribution in [0.4, 0.5) is 0 Å². The molecule has 0 saturated heterocycles. The number of hydrogen-bond donors (Lipinski definition) is 0. The van der Waals surface area contributed by atoms with Gasteiger partial charge in [-0.1, -0.05) is 24.3 Å². The fourth-order valence-corrected chi connectivity index (χ4v) is 3.60. The van der Waals surface area contributed by atoms with E-state index in [1.807, 2.05) is 30.3 Å². The third-order valence-electron chi connectivity index (χ3n) is 3.19. The topological polar surface area (TPSA) is 57.9 Å². The fraction of sp³-hybridized carbons (Fsp3) is 0.500. The van der Waals surface area contributed by atoms with Gasteiger partial charge in [0.15, 0.2) is 9.84 Å². The van der Waals surface area contributed by atoms with Gasteiger partial charge in [-0.05, 0) is 36.3 Å². The first-order chi connectivity index (χ1) is 8.62. The van der Waals surface area contributed by atoms with Gasteiger partial charge >= 0.3 is 0 Å². The molecule has 1 aliphatic rings. The van der Waals surface area contributed by atoms with Crippen molar-refractivity contribution in [1.82, 2.24) is 0 Å². The first-order valence-electron chi connectivity index (χ1n) is 6.27. The summed E-state index contributed by atoms with van der Waals surface area (Å²) < 4.78 is 23.9. The maximum absolute atomic E-state index is 12.0. The Morgan fingerprint density at radius 3 is 2.67 bits per heavy atom. The zero-order valence-corrected chi connectivity index (χ0v) is 11.1. The third kappa shape index (κ3) is 3.58. The highest BCUT2D eigenvalue weighted by atomic mass is 32.2. The molecular weight excluding hydrogens is 246 g/mol. The van der Waals surface area contributed by atoms with Crippen LogP contribution in [0, 0.1) is 11.3 Å². The maximum atomic E-state index is 12.0. The largest absolute Gasteiger partial charge is 0.228 e. The maximum Gasteiger partial charge on any atom is 0.154 e. The molecule has 0 amide bonds. The molecule has 0 aliphatic heterocycles. The van der Waals surface area contributed by atoms with Gasteiger partial charge in [-0.2, -0.15) is 5.26 Å². The molecule has 3 nitrogen and oxygen atoms in total. The predicted octanol–water partition coefficient (Wildman–Crippen LogP) is 2.78. The normalized spacial score (nSPS) is 15.3. The van der Waals surface area contributed by atoms with E-state index in [0.717, 1.165) is 5.56 Å². The third-order valence-corrected chi connectivity index (χ3v) is 4.85. The first-order valence-corrected chi connectivity index (χ1v) is 8.10. The van der Waals surface area contributed by atoms with Gasteiger partial charge in [0.05, 0.1) is 17.6 Å². The van der Waals surface area contributed by atoms with Crippen molar-refractivity contribution in [3.05, 3.63) is 35.4 Å². The summed E-state index contributed by atoms with van der Waals surface area (Å²) in [6.45, 7) is 0. The van der Waals surface area contributed by atoms with E-state index in [2.05, 4.69) is 0 Å². The lowest BCUT2D eigenvalue weighted by molar-refractivity contribution is 0.592. The standard InChI is InChI=1S/C14H17NO2S/c15-9-3-4-10-18(16,17)11-13-5-1-2-6-14(13)12-7-8-12/h1-2,5-6,12H,3-4,7-8,10-11H2. The van der Waals surface area contributed by atoms with E-state index in [9.17, 15) is 8.42 Å². The van der Waals surface area contributed by atoms with E-state index in [1.54, 1.807) is 0 Å². The van der Waals surface area contributed by atoms with Gasteiger partial charge in [0.25, 0.3) is 0 Å². The predicted molar refractivity (Wildman–Crippen MR) is 70.8 cm³/mol. The molecule has 0 spiro atoms. The Balaban J connectivity index is 2.06. The second-order valence-electron chi connectivity index (χ2n) is 4.83. The molecule has 2 rings (SSSR count). The molecule has 0 heterocycles. The molecule has 0 unspecified atom stereocenters. The van der Waals surface area contributed by atoms with Crippen LogP contribution in [0.5, 0.6) is 0 Å². The second kappa shape index (κ2) is 5.53. The van der Waals surface area contributed by atoms with E-state index in [0.29, 0.717) is 18.8 Å². The van der Waals surface area contributed by atoms with Crippen molar-refractivity contribution >= 4 is 9.84 Å². The van der Waals surface area contributed by atoms with Crippen LogP contribution < -0.4 is 0 Å². The average Bonchev–Trinajstić information content (AvgIpc) is 3.13. The monoisotopic (exact) mass is 263 g/mol. The van der Waals surface area contributed by atoms with Crippen molar-refractivity contribution in [2.45, 2.75) is 37.4 Å². The lowest BCUT2D eigenvalue weighted by Gasteiger charge is -2.09. The van der Waals surface area contributed by atoms with Gasteiger partial charge in [0.2, 0.25) is 0 Å². The Kier molecular flexibility index (Phi) is 4.03. The van der Waals surface area contributed by atoms with E-state index >= 15 is 0 Å². The molecule has 4 heteroatoms. The van der Waals surface area contributed by atoms with Crippen molar-refractivity contribution in [3.63, 3.8) is 0 Å². The number of unbranched alkanes of at least 4 members (excludes halogenated alkanes) is 1. The number of rotatable bonds is 6. The van der Waals surface area contributed by atoms with E-state index in [1.165, 1.54) is 18.4 Å². The van der Waals surface area contributed by atoms with E-state index in [-0.39, 0.29) is 11.5 Å². The summed E-state index contributed by atoms with van der Waals surface area (Å²) in [5.74, 6) is 0.792. The molecule has 0 N–H and O–H groups in total. The van der Waals surface area contributed by atoms with Crippen LogP contribution >= 0.6 is 0 Å². The van der Waals surface area contributed by atoms with Crippen LogP contribution in [0.15, 0.2) is 24.3 Å². The van der Waals surface area contributed by atoms with Gasteiger partial charge in [-0.15, -0.1) is 0 Å². The molecule has 18 heavy (non-hydrogen) atoms. The number of hydrogen-bond acceptors (Lipinski definition) is 3. The van der Waals surface area contributed by atoms with Gasteiger partial charge in [-0.25, -0.2) is 8.42 Å². The highest BCUT2D eigenvalue weighted by molar-refractivity contribution is 7.90. The van der Waals surface area contributed by atoms with Crippen LogP contribution in [-0.2, 0) is 15.6 Å². The quantitative estimate of drug-likeness (QED) is 0.741. The van der Waals surface area contributed by atoms with Gasteiger partial charge in [0, 0.05) is 6.42 Å². The molecule has 1 aliphatic carbocycles. The molecule has 1 fully saturated rings. The number of sulfone groups is 1. The number of nitriles is 1. The van der Waals surface area contributed by atoms with E-state index in [4.69, 9.17) is 5.26 Å². The van der Waals surface area contributed by atoms with Crippen LogP contribution in [-0.4, -0.2) is 14.2 Å². The number of benzene rings is 1. The molecule has 1 aromatic rings. The van der Waals surface area contributed by atoms with Crippen LogP contribution in [0.3, 0.4) is 0 Å². The Morgan fingerprint density at radius 2 is 2.00 bits per heavy atom. The van der Waals surface area contributed by atoms with Gasteiger partial charge in [-0.3, -0.25) is 0 Å². The van der Waals surface area contributed by atoms with Crippen LogP contribution in [0.2, 0.25) is 0 Å². The lowest BCUT2D eigenvalue weighted by Crippen LogP contribution is -2.10. The zero-order chi connectivity index (χ0) is 13.0. The Labute approximate surface area is 108 Å². The SMILES string of the molecule is N#CCCCS(=O)(=O)Cc1ccccc1C1CC1. The van der Waals surface area contributed by atoms with Crippen molar-refractivity contribution in [1.29, 1.82) is 5.26 Å². The molecular formula is C14H17NO2S. The molecule has 0 atom stereocenters. The lowest BCUT2D eigenvalue weighted by atomic mass is 10.1. The van der Waals surface area contributed by atoms with Crippen molar-refractivity contribution < 1.29 is 8.42 Å². The van der Waals surface area contributed by atoms with Crippen LogP contribution in [0.1, 0.15) is 42.7 Å². The summed E-state index contributed by atoms with van der Waals surface area (Å²) in [7, 11) is -3.09. The van der Waals surface area contributed by atoms with E-state index < -0.39 is 9.84 Å². The zero-order valence-electron chi connectivity index (χ0n) is 10.3.